The van der Waals surface area contributed by atoms with Gasteiger partial charge < -0.3 is 5.32 Å². The molecule has 0 atom stereocenters. The van der Waals surface area contributed by atoms with E-state index in [1.165, 1.54) is 12.1 Å². The number of halogens is 1. The Morgan fingerprint density at radius 3 is 2.41 bits per heavy atom. The van der Waals surface area contributed by atoms with Crippen LogP contribution in [0.25, 0.3) is 0 Å². The molecule has 0 saturated heterocycles. The number of anilines is 2. The number of hydrogen-bond acceptors (Lipinski definition) is 3. The molecule has 2 aromatic rings. The molecule has 2 aromatic carbocycles. The van der Waals surface area contributed by atoms with E-state index in [-0.39, 0.29) is 5.69 Å². The van der Waals surface area contributed by atoms with Crippen LogP contribution in [-0.4, -0.2) is 4.92 Å². The zero-order valence-corrected chi connectivity index (χ0v) is 9.52. The Bertz CT molecular complexity index is 540. The molecule has 0 spiro atoms. The number of nitro groups is 1. The molecule has 0 fully saturated rings. The molecule has 0 aliphatic heterocycles. The van der Waals surface area contributed by atoms with Crippen LogP contribution < -0.4 is 5.32 Å². The predicted octanol–water partition coefficient (Wildman–Crippen LogP) is 3.99. The van der Waals surface area contributed by atoms with Crippen molar-refractivity contribution in [2.45, 2.75) is 0 Å². The normalized spacial score (nSPS) is 9.94. The van der Waals surface area contributed by atoms with E-state index in [4.69, 9.17) is 11.6 Å². The van der Waals surface area contributed by atoms with Crippen molar-refractivity contribution in [1.29, 1.82) is 0 Å². The SMILES string of the molecule is O=[N+]([O-])c1cccc(Nc2ccc(Cl)cc2)c1. The molecule has 0 saturated carbocycles. The first-order valence-corrected chi connectivity index (χ1v) is 5.30. The van der Waals surface area contributed by atoms with Gasteiger partial charge in [-0.2, -0.15) is 0 Å². The van der Waals surface area contributed by atoms with Gasteiger partial charge in [-0.05, 0) is 30.3 Å². The first kappa shape index (κ1) is 11.4. The van der Waals surface area contributed by atoms with Gasteiger partial charge in [0.05, 0.1) is 4.92 Å². The fourth-order valence-electron chi connectivity index (χ4n) is 1.40. The van der Waals surface area contributed by atoms with Crippen LogP contribution in [0.2, 0.25) is 5.02 Å². The van der Waals surface area contributed by atoms with E-state index >= 15 is 0 Å². The minimum absolute atomic E-state index is 0.0592. The van der Waals surface area contributed by atoms with Crippen LogP contribution >= 0.6 is 11.6 Å². The van der Waals surface area contributed by atoms with Crippen LogP contribution in [0.4, 0.5) is 17.1 Å². The molecule has 0 aromatic heterocycles. The molecule has 0 aliphatic rings. The third-order valence-corrected chi connectivity index (χ3v) is 2.44. The average Bonchev–Trinajstić information content (AvgIpc) is 2.32. The third-order valence-electron chi connectivity index (χ3n) is 2.19. The molecule has 0 unspecified atom stereocenters. The minimum atomic E-state index is -0.424. The summed E-state index contributed by atoms with van der Waals surface area (Å²) >= 11 is 5.76. The first-order chi connectivity index (χ1) is 8.15. The Morgan fingerprint density at radius 2 is 1.76 bits per heavy atom. The maximum Gasteiger partial charge on any atom is 0.271 e. The van der Waals surface area contributed by atoms with Crippen molar-refractivity contribution in [3.63, 3.8) is 0 Å². The van der Waals surface area contributed by atoms with Crippen molar-refractivity contribution in [1.82, 2.24) is 0 Å². The maximum atomic E-state index is 10.6. The van der Waals surface area contributed by atoms with Crippen molar-refractivity contribution >= 4 is 28.7 Å². The Labute approximate surface area is 103 Å². The molecule has 0 bridgehead atoms. The van der Waals surface area contributed by atoms with Crippen molar-refractivity contribution in [3.05, 3.63) is 63.7 Å². The fraction of sp³-hybridized carbons (Fsp3) is 0. The number of nitrogens with zero attached hydrogens (tertiary/aromatic N) is 1. The molecule has 86 valence electrons. The second-order valence-corrected chi connectivity index (χ2v) is 3.88. The Hall–Kier alpha value is -2.07. The van der Waals surface area contributed by atoms with Crippen LogP contribution in [0.5, 0.6) is 0 Å². The van der Waals surface area contributed by atoms with Gasteiger partial charge in [0.1, 0.15) is 0 Å². The van der Waals surface area contributed by atoms with Crippen molar-refractivity contribution in [2.75, 3.05) is 5.32 Å². The van der Waals surface area contributed by atoms with Gasteiger partial charge in [0, 0.05) is 28.5 Å². The molecule has 5 heteroatoms. The van der Waals surface area contributed by atoms with E-state index in [9.17, 15) is 10.1 Å². The summed E-state index contributed by atoms with van der Waals surface area (Å²) < 4.78 is 0. The van der Waals surface area contributed by atoms with Crippen LogP contribution in [0.1, 0.15) is 0 Å². The van der Waals surface area contributed by atoms with E-state index in [1.54, 1.807) is 36.4 Å². The standard InChI is InChI=1S/C12H9ClN2O2/c13-9-4-6-10(7-5-9)14-11-2-1-3-12(8-11)15(16)17/h1-8,14H. The summed E-state index contributed by atoms with van der Waals surface area (Å²) in [5.74, 6) is 0. The van der Waals surface area contributed by atoms with E-state index in [1.807, 2.05) is 0 Å². The van der Waals surface area contributed by atoms with Gasteiger partial charge in [0.15, 0.2) is 0 Å². The van der Waals surface area contributed by atoms with E-state index < -0.39 is 4.92 Å². The minimum Gasteiger partial charge on any atom is -0.355 e. The van der Waals surface area contributed by atoms with Gasteiger partial charge in [-0.25, -0.2) is 0 Å². The monoisotopic (exact) mass is 248 g/mol. The van der Waals surface area contributed by atoms with Crippen LogP contribution in [0.15, 0.2) is 48.5 Å². The van der Waals surface area contributed by atoms with Crippen molar-refractivity contribution in [3.8, 4) is 0 Å². The summed E-state index contributed by atoms with van der Waals surface area (Å²) in [6, 6.07) is 13.4. The summed E-state index contributed by atoms with van der Waals surface area (Å²) in [4.78, 5) is 10.2. The van der Waals surface area contributed by atoms with Crippen molar-refractivity contribution < 1.29 is 4.92 Å². The predicted molar refractivity (Wildman–Crippen MR) is 67.8 cm³/mol. The number of rotatable bonds is 3. The van der Waals surface area contributed by atoms with Gasteiger partial charge >= 0.3 is 0 Å². The highest BCUT2D eigenvalue weighted by molar-refractivity contribution is 6.30. The zero-order chi connectivity index (χ0) is 12.3. The van der Waals surface area contributed by atoms with Gasteiger partial charge in [-0.15, -0.1) is 0 Å². The van der Waals surface area contributed by atoms with E-state index in [0.717, 1.165) is 5.69 Å². The lowest BCUT2D eigenvalue weighted by Gasteiger charge is -2.05. The molecule has 1 N–H and O–H groups in total. The molecule has 2 rings (SSSR count). The lowest BCUT2D eigenvalue weighted by molar-refractivity contribution is -0.384. The Morgan fingerprint density at radius 1 is 1.06 bits per heavy atom. The van der Waals surface area contributed by atoms with Crippen molar-refractivity contribution in [2.24, 2.45) is 0 Å². The lowest BCUT2D eigenvalue weighted by atomic mass is 10.2. The molecular formula is C12H9ClN2O2. The Kier molecular flexibility index (Phi) is 3.25. The highest BCUT2D eigenvalue weighted by Crippen LogP contribution is 2.22. The molecule has 0 aliphatic carbocycles. The molecule has 4 nitrogen and oxygen atoms in total. The highest BCUT2D eigenvalue weighted by atomic mass is 35.5. The van der Waals surface area contributed by atoms with Gasteiger partial charge in [0.25, 0.3) is 5.69 Å². The summed E-state index contributed by atoms with van der Waals surface area (Å²) in [7, 11) is 0. The van der Waals surface area contributed by atoms with Crippen LogP contribution in [0.3, 0.4) is 0 Å². The maximum absolute atomic E-state index is 10.6. The largest absolute Gasteiger partial charge is 0.355 e. The van der Waals surface area contributed by atoms with Gasteiger partial charge in [-0.1, -0.05) is 17.7 Å². The summed E-state index contributed by atoms with van der Waals surface area (Å²) in [6.45, 7) is 0. The zero-order valence-electron chi connectivity index (χ0n) is 8.76. The summed E-state index contributed by atoms with van der Waals surface area (Å²) in [5, 5.41) is 14.3. The summed E-state index contributed by atoms with van der Waals surface area (Å²) in [6.07, 6.45) is 0. The molecule has 17 heavy (non-hydrogen) atoms. The highest BCUT2D eigenvalue weighted by Gasteiger charge is 2.05. The smallest absolute Gasteiger partial charge is 0.271 e. The summed E-state index contributed by atoms with van der Waals surface area (Å²) in [5.41, 5.74) is 1.56. The average molecular weight is 249 g/mol. The molecule has 0 heterocycles. The van der Waals surface area contributed by atoms with Gasteiger partial charge in [0.2, 0.25) is 0 Å². The number of benzene rings is 2. The number of nitrogens with one attached hydrogen (secondary N) is 1. The van der Waals surface area contributed by atoms with E-state index in [0.29, 0.717) is 10.7 Å². The number of nitro benzene ring substituents is 1. The first-order valence-electron chi connectivity index (χ1n) is 4.92. The molecule has 0 radical (unpaired) electrons. The quantitative estimate of drug-likeness (QED) is 0.660. The van der Waals surface area contributed by atoms with Gasteiger partial charge in [-0.3, -0.25) is 10.1 Å². The Balaban J connectivity index is 2.21. The molecular weight excluding hydrogens is 240 g/mol. The van der Waals surface area contributed by atoms with Crippen LogP contribution in [0, 0.1) is 10.1 Å². The van der Waals surface area contributed by atoms with Crippen LogP contribution in [-0.2, 0) is 0 Å². The third kappa shape index (κ3) is 2.95. The lowest BCUT2D eigenvalue weighted by Crippen LogP contribution is -1.92. The second kappa shape index (κ2) is 4.84. The fourth-order valence-corrected chi connectivity index (χ4v) is 1.52. The second-order valence-electron chi connectivity index (χ2n) is 3.44. The number of non-ortho nitro benzene ring substituents is 1. The molecule has 0 amide bonds. The topological polar surface area (TPSA) is 55.2 Å². The number of hydrogen-bond donors (Lipinski definition) is 1. The van der Waals surface area contributed by atoms with E-state index in [2.05, 4.69) is 5.32 Å².